The number of sulfonamides is 1. The Kier molecular flexibility index (Phi) is 4.18. The lowest BCUT2D eigenvalue weighted by Gasteiger charge is -2.34. The van der Waals surface area contributed by atoms with Gasteiger partial charge in [-0.1, -0.05) is 23.8 Å². The molecule has 0 aromatic carbocycles. The van der Waals surface area contributed by atoms with Crippen LogP contribution in [0.3, 0.4) is 0 Å². The van der Waals surface area contributed by atoms with E-state index in [-0.39, 0.29) is 28.2 Å². The zero-order chi connectivity index (χ0) is 15.1. The van der Waals surface area contributed by atoms with Crippen molar-refractivity contribution >= 4 is 33.0 Å². The summed E-state index contributed by atoms with van der Waals surface area (Å²) in [4.78, 5) is 0. The van der Waals surface area contributed by atoms with E-state index >= 15 is 0 Å². The summed E-state index contributed by atoms with van der Waals surface area (Å²) in [7, 11) is -3.58. The number of fused-ring (bicyclic) bond motifs is 2. The molecule has 4 nitrogen and oxygen atoms in total. The van der Waals surface area contributed by atoms with Gasteiger partial charge in [0.25, 0.3) is 0 Å². The van der Waals surface area contributed by atoms with Gasteiger partial charge in [-0.05, 0) is 43.7 Å². The summed E-state index contributed by atoms with van der Waals surface area (Å²) < 4.78 is 28.6. The Labute approximate surface area is 133 Å². The van der Waals surface area contributed by atoms with Gasteiger partial charge in [0.1, 0.15) is 4.21 Å². The van der Waals surface area contributed by atoms with E-state index < -0.39 is 10.0 Å². The number of hydrogen-bond donors (Lipinski definition) is 2. The first-order chi connectivity index (χ1) is 9.97. The molecule has 2 N–H and O–H groups in total. The predicted octanol–water partition coefficient (Wildman–Crippen LogP) is 2.79. The molecule has 0 amide bonds. The third kappa shape index (κ3) is 2.80. The number of aliphatic hydroxyl groups excluding tert-OH is 1. The van der Waals surface area contributed by atoms with Crippen molar-refractivity contribution in [1.82, 2.24) is 4.72 Å². The number of nitrogens with one attached hydrogen (secondary N) is 1. The lowest BCUT2D eigenvalue weighted by Crippen LogP contribution is -2.48. The normalized spacial score (nSPS) is 32.3. The van der Waals surface area contributed by atoms with Crippen LogP contribution in [0.25, 0.3) is 0 Å². The number of halogens is 1. The van der Waals surface area contributed by atoms with Gasteiger partial charge in [-0.3, -0.25) is 0 Å². The third-order valence-corrected chi connectivity index (χ3v) is 7.85. The molecule has 3 atom stereocenters. The third-order valence-electron chi connectivity index (χ3n) is 4.68. The first kappa shape index (κ1) is 15.5. The first-order valence-electron chi connectivity index (χ1n) is 7.00. The van der Waals surface area contributed by atoms with Crippen molar-refractivity contribution in [3.05, 3.63) is 28.6 Å². The van der Waals surface area contributed by atoms with E-state index in [1.54, 1.807) is 6.07 Å². The highest BCUT2D eigenvalue weighted by molar-refractivity contribution is 7.91. The topological polar surface area (TPSA) is 66.4 Å². The van der Waals surface area contributed by atoms with Gasteiger partial charge in [0.2, 0.25) is 10.0 Å². The van der Waals surface area contributed by atoms with Crippen LogP contribution >= 0.6 is 22.9 Å². The molecule has 1 aromatic heterocycles. The van der Waals surface area contributed by atoms with Gasteiger partial charge in [0.15, 0.2) is 0 Å². The second-order valence-corrected chi connectivity index (χ2v) is 9.54. The molecule has 1 saturated carbocycles. The second kappa shape index (κ2) is 5.66. The molecule has 3 rings (SSSR count). The fourth-order valence-corrected chi connectivity index (χ4v) is 6.40. The lowest BCUT2D eigenvalue weighted by molar-refractivity contribution is 0.105. The molecule has 2 aliphatic carbocycles. The number of rotatable bonds is 4. The highest BCUT2D eigenvalue weighted by Gasteiger charge is 2.49. The number of hydrogen-bond acceptors (Lipinski definition) is 4. The van der Waals surface area contributed by atoms with Crippen LogP contribution in [-0.4, -0.2) is 26.2 Å². The van der Waals surface area contributed by atoms with Gasteiger partial charge in [-0.2, -0.15) is 0 Å². The maximum absolute atomic E-state index is 12.5. The van der Waals surface area contributed by atoms with Gasteiger partial charge in [0, 0.05) is 11.5 Å². The van der Waals surface area contributed by atoms with Gasteiger partial charge < -0.3 is 5.11 Å². The molecule has 0 spiro atoms. The molecular formula is C14H18ClNO3S2. The fourth-order valence-electron chi connectivity index (χ4n) is 3.50. The summed E-state index contributed by atoms with van der Waals surface area (Å²) in [5.74, 6) is 0.251. The van der Waals surface area contributed by atoms with Crippen LogP contribution in [0.5, 0.6) is 0 Å². The van der Waals surface area contributed by atoms with Crippen molar-refractivity contribution in [1.29, 1.82) is 0 Å². The van der Waals surface area contributed by atoms with Gasteiger partial charge in [-0.25, -0.2) is 13.1 Å². The molecule has 0 radical (unpaired) electrons. The Bertz CT molecular complexity index is 655. The average molecular weight is 348 g/mol. The van der Waals surface area contributed by atoms with Crippen LogP contribution in [0, 0.1) is 11.3 Å². The Hall–Kier alpha value is -0.400. The standard InChI is InChI=1S/C14H18ClNO3S2/c15-11-4-5-12(20-11)21(18,19)16-13-10-3-1-2-7-14(13,9-17)8-6-10/h1-2,4-5,10,13,16-17H,3,6-9H2. The van der Waals surface area contributed by atoms with Crippen molar-refractivity contribution in [3.63, 3.8) is 0 Å². The molecule has 2 bridgehead atoms. The molecular weight excluding hydrogens is 330 g/mol. The minimum atomic E-state index is -3.58. The van der Waals surface area contributed by atoms with Gasteiger partial charge in [0.05, 0.1) is 10.9 Å². The number of allylic oxidation sites excluding steroid dienone is 2. The summed E-state index contributed by atoms with van der Waals surface area (Å²) >= 11 is 6.89. The summed E-state index contributed by atoms with van der Waals surface area (Å²) in [6.45, 7) is 0.00617. The van der Waals surface area contributed by atoms with E-state index in [1.165, 1.54) is 6.07 Å². The summed E-state index contributed by atoms with van der Waals surface area (Å²) in [5, 5.41) is 9.85. The van der Waals surface area contributed by atoms with Crippen LogP contribution in [0.2, 0.25) is 4.34 Å². The molecule has 7 heteroatoms. The monoisotopic (exact) mass is 347 g/mol. The SMILES string of the molecule is O=S(=O)(NC1C2CC=CCC1(CO)CC2)c1ccc(Cl)s1. The molecule has 2 aliphatic rings. The highest BCUT2D eigenvalue weighted by atomic mass is 35.5. The minimum Gasteiger partial charge on any atom is -0.396 e. The van der Waals surface area contributed by atoms with E-state index in [1.807, 2.05) is 0 Å². The Morgan fingerprint density at radius 2 is 2.24 bits per heavy atom. The Morgan fingerprint density at radius 3 is 2.90 bits per heavy atom. The van der Waals surface area contributed by atoms with E-state index in [4.69, 9.17) is 11.6 Å². The maximum Gasteiger partial charge on any atom is 0.250 e. The number of thiophene rings is 1. The van der Waals surface area contributed by atoms with E-state index in [0.717, 1.165) is 37.0 Å². The number of aliphatic hydroxyl groups is 1. The summed E-state index contributed by atoms with van der Waals surface area (Å²) in [6, 6.07) is 2.90. The molecule has 1 fully saturated rings. The van der Waals surface area contributed by atoms with Crippen LogP contribution < -0.4 is 4.72 Å². The van der Waals surface area contributed by atoms with Crippen LogP contribution in [0.4, 0.5) is 0 Å². The fraction of sp³-hybridized carbons (Fsp3) is 0.571. The Balaban J connectivity index is 1.90. The van der Waals surface area contributed by atoms with Crippen molar-refractivity contribution in [2.75, 3.05) is 6.61 Å². The molecule has 0 saturated heterocycles. The molecule has 1 heterocycles. The van der Waals surface area contributed by atoms with E-state index in [9.17, 15) is 13.5 Å². The molecule has 0 aliphatic heterocycles. The highest BCUT2D eigenvalue weighted by Crippen LogP contribution is 2.48. The van der Waals surface area contributed by atoms with E-state index in [0.29, 0.717) is 4.34 Å². The molecule has 3 unspecified atom stereocenters. The van der Waals surface area contributed by atoms with Crippen molar-refractivity contribution in [2.24, 2.45) is 11.3 Å². The van der Waals surface area contributed by atoms with Gasteiger partial charge >= 0.3 is 0 Å². The quantitative estimate of drug-likeness (QED) is 0.823. The van der Waals surface area contributed by atoms with Crippen molar-refractivity contribution < 1.29 is 13.5 Å². The first-order valence-corrected chi connectivity index (χ1v) is 9.68. The van der Waals surface area contributed by atoms with Crippen molar-refractivity contribution in [3.8, 4) is 0 Å². The molecule has 21 heavy (non-hydrogen) atoms. The molecule has 1 aromatic rings. The summed E-state index contributed by atoms with van der Waals surface area (Å²) in [6.07, 6.45) is 7.56. The second-order valence-electron chi connectivity index (χ2n) is 5.89. The summed E-state index contributed by atoms with van der Waals surface area (Å²) in [5.41, 5.74) is -0.369. The van der Waals surface area contributed by atoms with Gasteiger partial charge in [-0.15, -0.1) is 11.3 Å². The van der Waals surface area contributed by atoms with Crippen molar-refractivity contribution in [2.45, 2.75) is 35.9 Å². The van der Waals surface area contributed by atoms with E-state index in [2.05, 4.69) is 16.9 Å². The predicted molar refractivity (Wildman–Crippen MR) is 84.1 cm³/mol. The zero-order valence-electron chi connectivity index (χ0n) is 11.5. The molecule has 116 valence electrons. The van der Waals surface area contributed by atoms with Crippen LogP contribution in [0.15, 0.2) is 28.5 Å². The minimum absolute atomic E-state index is 0.00617. The zero-order valence-corrected chi connectivity index (χ0v) is 13.8. The maximum atomic E-state index is 12.5. The largest absolute Gasteiger partial charge is 0.396 e. The van der Waals surface area contributed by atoms with Crippen LogP contribution in [-0.2, 0) is 10.0 Å². The Morgan fingerprint density at radius 1 is 1.43 bits per heavy atom. The average Bonchev–Trinajstić information content (AvgIpc) is 2.94. The smallest absolute Gasteiger partial charge is 0.250 e. The van der Waals surface area contributed by atoms with Crippen LogP contribution in [0.1, 0.15) is 25.7 Å². The lowest BCUT2D eigenvalue weighted by atomic mass is 9.80.